The lowest BCUT2D eigenvalue weighted by Gasteiger charge is -2.20. The second-order valence-corrected chi connectivity index (χ2v) is 5.49. The molecule has 0 aliphatic heterocycles. The number of aliphatic hydroxyl groups is 1. The molecule has 1 aromatic rings. The Bertz CT molecular complexity index is 511. The first kappa shape index (κ1) is 14.7. The third-order valence-electron chi connectivity index (χ3n) is 3.93. The summed E-state index contributed by atoms with van der Waals surface area (Å²) < 4.78 is 0. The van der Waals surface area contributed by atoms with Crippen molar-refractivity contribution < 1.29 is 9.90 Å². The van der Waals surface area contributed by atoms with Crippen molar-refractivity contribution in [2.45, 2.75) is 45.6 Å². The van der Waals surface area contributed by atoms with Crippen molar-refractivity contribution in [3.05, 3.63) is 35.4 Å². The molecular formula is C16H22N2O2. The van der Waals surface area contributed by atoms with Crippen LogP contribution in [0.1, 0.15) is 49.8 Å². The largest absolute Gasteiger partial charge is 0.378 e. The number of benzene rings is 1. The first-order valence-corrected chi connectivity index (χ1v) is 7.19. The molecule has 1 aliphatic carbocycles. The summed E-state index contributed by atoms with van der Waals surface area (Å²) in [7, 11) is 0. The van der Waals surface area contributed by atoms with Gasteiger partial charge in [-0.3, -0.25) is 4.79 Å². The fraction of sp³-hybridized carbons (Fsp3) is 0.500. The number of aliphatic hydroxyl groups excluding tert-OH is 1. The van der Waals surface area contributed by atoms with E-state index < -0.39 is 12.0 Å². The number of hydrogen-bond acceptors (Lipinski definition) is 3. The molecule has 0 saturated heterocycles. The van der Waals surface area contributed by atoms with Gasteiger partial charge in [0.05, 0.1) is 0 Å². The maximum atomic E-state index is 12.0. The Morgan fingerprint density at radius 3 is 2.85 bits per heavy atom. The number of hydrazone groups is 1. The fourth-order valence-electron chi connectivity index (χ4n) is 2.56. The normalized spacial score (nSPS) is 22.6. The van der Waals surface area contributed by atoms with Gasteiger partial charge in [0.2, 0.25) is 0 Å². The zero-order valence-corrected chi connectivity index (χ0v) is 12.1. The maximum Gasteiger partial charge on any atom is 0.273 e. The van der Waals surface area contributed by atoms with Crippen LogP contribution in [0.5, 0.6) is 0 Å². The number of carbonyl (C=O) groups is 1. The van der Waals surface area contributed by atoms with E-state index in [-0.39, 0.29) is 0 Å². The highest BCUT2D eigenvalue weighted by atomic mass is 16.3. The van der Waals surface area contributed by atoms with Crippen LogP contribution in [0.15, 0.2) is 29.4 Å². The second kappa shape index (κ2) is 6.66. The number of aryl methyl sites for hydroxylation is 1. The lowest BCUT2D eigenvalue weighted by Crippen LogP contribution is -2.28. The van der Waals surface area contributed by atoms with E-state index >= 15 is 0 Å². The molecule has 1 amide bonds. The molecule has 2 atom stereocenters. The van der Waals surface area contributed by atoms with Crippen LogP contribution in [-0.4, -0.2) is 16.7 Å². The Morgan fingerprint density at radius 2 is 2.15 bits per heavy atom. The first-order chi connectivity index (χ1) is 9.59. The fourth-order valence-corrected chi connectivity index (χ4v) is 2.56. The zero-order valence-electron chi connectivity index (χ0n) is 12.1. The Kier molecular flexibility index (Phi) is 4.90. The van der Waals surface area contributed by atoms with Gasteiger partial charge in [0.25, 0.3) is 5.91 Å². The first-order valence-electron chi connectivity index (χ1n) is 7.19. The molecule has 20 heavy (non-hydrogen) atoms. The molecule has 1 aromatic carbocycles. The average Bonchev–Trinajstić information content (AvgIpc) is 2.46. The van der Waals surface area contributed by atoms with Gasteiger partial charge in [0.1, 0.15) is 0 Å². The van der Waals surface area contributed by atoms with Gasteiger partial charge in [-0.2, -0.15) is 5.10 Å². The minimum absolute atomic E-state index is 0.416. The predicted molar refractivity (Wildman–Crippen MR) is 79.3 cm³/mol. The molecule has 4 heteroatoms. The highest BCUT2D eigenvalue weighted by molar-refractivity contribution is 5.89. The molecule has 2 rings (SSSR count). The van der Waals surface area contributed by atoms with Crippen LogP contribution in [-0.2, 0) is 4.79 Å². The summed E-state index contributed by atoms with van der Waals surface area (Å²) in [6.07, 6.45) is 3.23. The molecule has 1 aliphatic rings. The highest BCUT2D eigenvalue weighted by Crippen LogP contribution is 2.21. The van der Waals surface area contributed by atoms with Crippen LogP contribution >= 0.6 is 0 Å². The Hall–Kier alpha value is -1.68. The van der Waals surface area contributed by atoms with Gasteiger partial charge in [0, 0.05) is 5.71 Å². The summed E-state index contributed by atoms with van der Waals surface area (Å²) >= 11 is 0. The van der Waals surface area contributed by atoms with Crippen molar-refractivity contribution in [1.82, 2.24) is 5.43 Å². The summed E-state index contributed by atoms with van der Waals surface area (Å²) in [4.78, 5) is 12.0. The van der Waals surface area contributed by atoms with Crippen LogP contribution in [0.3, 0.4) is 0 Å². The minimum atomic E-state index is -1.17. The third kappa shape index (κ3) is 3.45. The van der Waals surface area contributed by atoms with E-state index in [1.165, 1.54) is 6.42 Å². The topological polar surface area (TPSA) is 61.7 Å². The monoisotopic (exact) mass is 274 g/mol. The minimum Gasteiger partial charge on any atom is -0.378 e. The van der Waals surface area contributed by atoms with Crippen molar-refractivity contribution in [2.24, 2.45) is 11.0 Å². The lowest BCUT2D eigenvalue weighted by molar-refractivity contribution is -0.129. The summed E-state index contributed by atoms with van der Waals surface area (Å²) in [6, 6.07) is 7.33. The van der Waals surface area contributed by atoms with Crippen LogP contribution in [0.2, 0.25) is 0 Å². The molecule has 0 bridgehead atoms. The van der Waals surface area contributed by atoms with Crippen LogP contribution < -0.4 is 5.43 Å². The van der Waals surface area contributed by atoms with Crippen molar-refractivity contribution in [1.29, 1.82) is 0 Å². The van der Waals surface area contributed by atoms with E-state index in [0.717, 1.165) is 30.5 Å². The number of hydrogen-bond donors (Lipinski definition) is 2. The number of carbonyl (C=O) groups excluding carboxylic acids is 1. The van der Waals surface area contributed by atoms with Gasteiger partial charge < -0.3 is 5.11 Å². The zero-order chi connectivity index (χ0) is 14.5. The number of nitrogens with zero attached hydrogens (tertiary/aromatic N) is 1. The van der Waals surface area contributed by atoms with E-state index in [1.54, 1.807) is 6.07 Å². The molecule has 0 heterocycles. The predicted octanol–water partition coefficient (Wildman–Crippen LogP) is 2.71. The second-order valence-electron chi connectivity index (χ2n) is 5.49. The number of rotatable bonds is 3. The summed E-state index contributed by atoms with van der Waals surface area (Å²) in [6.45, 7) is 4.00. The average molecular weight is 274 g/mol. The van der Waals surface area contributed by atoms with Crippen molar-refractivity contribution in [3.8, 4) is 0 Å². The smallest absolute Gasteiger partial charge is 0.273 e. The summed E-state index contributed by atoms with van der Waals surface area (Å²) in [5.41, 5.74) is 5.06. The molecule has 0 aromatic heterocycles. The molecule has 4 nitrogen and oxygen atoms in total. The number of nitrogens with one attached hydrogen (secondary N) is 1. The van der Waals surface area contributed by atoms with Gasteiger partial charge in [-0.1, -0.05) is 37.6 Å². The van der Waals surface area contributed by atoms with E-state index in [2.05, 4.69) is 17.5 Å². The summed E-state index contributed by atoms with van der Waals surface area (Å²) in [5.74, 6) is -0.0516. The lowest BCUT2D eigenvalue weighted by atomic mass is 9.89. The van der Waals surface area contributed by atoms with E-state index in [0.29, 0.717) is 11.5 Å². The SMILES string of the molecule is Cc1ccccc1[C@@H](O)C(=O)N/N=C1/CCCC[C@H]1C. The van der Waals surface area contributed by atoms with Crippen LogP contribution in [0.4, 0.5) is 0 Å². The van der Waals surface area contributed by atoms with Crippen molar-refractivity contribution in [2.75, 3.05) is 0 Å². The van der Waals surface area contributed by atoms with E-state index in [1.807, 2.05) is 25.1 Å². The Balaban J connectivity index is 2.01. The van der Waals surface area contributed by atoms with Gasteiger partial charge in [0.15, 0.2) is 6.10 Å². The maximum absolute atomic E-state index is 12.0. The molecule has 1 fully saturated rings. The Morgan fingerprint density at radius 1 is 1.40 bits per heavy atom. The molecular weight excluding hydrogens is 252 g/mol. The quantitative estimate of drug-likeness (QED) is 0.832. The number of amides is 1. The van der Waals surface area contributed by atoms with Crippen LogP contribution in [0.25, 0.3) is 0 Å². The molecule has 1 saturated carbocycles. The van der Waals surface area contributed by atoms with Crippen molar-refractivity contribution >= 4 is 11.6 Å². The summed E-state index contributed by atoms with van der Waals surface area (Å²) in [5, 5.41) is 14.3. The molecule has 0 spiro atoms. The third-order valence-corrected chi connectivity index (χ3v) is 3.93. The standard InChI is InChI=1S/C16H22N2O2/c1-11-7-3-5-9-13(11)15(19)16(20)18-17-14-10-6-4-8-12(14)2/h3,5,7,9,12,15,19H,4,6,8,10H2,1-2H3,(H,18,20)/b17-14-/t12-,15-/m1/s1. The molecule has 108 valence electrons. The van der Waals surface area contributed by atoms with Gasteiger partial charge in [-0.15, -0.1) is 0 Å². The van der Waals surface area contributed by atoms with Gasteiger partial charge in [-0.05, 0) is 43.2 Å². The molecule has 0 unspecified atom stereocenters. The molecule has 0 radical (unpaired) electrons. The molecule has 2 N–H and O–H groups in total. The van der Waals surface area contributed by atoms with Crippen LogP contribution in [0, 0.1) is 12.8 Å². The van der Waals surface area contributed by atoms with Gasteiger partial charge >= 0.3 is 0 Å². The van der Waals surface area contributed by atoms with E-state index in [4.69, 9.17) is 0 Å². The highest BCUT2D eigenvalue weighted by Gasteiger charge is 2.20. The Labute approximate surface area is 119 Å². The van der Waals surface area contributed by atoms with Gasteiger partial charge in [-0.25, -0.2) is 5.43 Å². The van der Waals surface area contributed by atoms with E-state index in [9.17, 15) is 9.90 Å². The van der Waals surface area contributed by atoms with Crippen molar-refractivity contribution in [3.63, 3.8) is 0 Å².